The van der Waals surface area contributed by atoms with E-state index >= 15 is 0 Å². The van der Waals surface area contributed by atoms with Crippen LogP contribution in [0.3, 0.4) is 0 Å². The fourth-order valence-corrected chi connectivity index (χ4v) is 3.14. The third-order valence-corrected chi connectivity index (χ3v) is 4.52. The lowest BCUT2D eigenvalue weighted by molar-refractivity contribution is -0.135. The van der Waals surface area contributed by atoms with Gasteiger partial charge in [0.15, 0.2) is 0 Å². The van der Waals surface area contributed by atoms with E-state index in [9.17, 15) is 4.79 Å². The van der Waals surface area contributed by atoms with Crippen LogP contribution in [0.25, 0.3) is 0 Å². The van der Waals surface area contributed by atoms with Crippen LogP contribution in [0.2, 0.25) is 0 Å². The first kappa shape index (κ1) is 17.7. The summed E-state index contributed by atoms with van der Waals surface area (Å²) in [6.45, 7) is 9.74. The van der Waals surface area contributed by atoms with Gasteiger partial charge in [-0.2, -0.15) is 0 Å². The van der Waals surface area contributed by atoms with Gasteiger partial charge in [0.05, 0.1) is 12.8 Å². The van der Waals surface area contributed by atoms with E-state index in [2.05, 4.69) is 30.8 Å². The minimum Gasteiger partial charge on any atom is -0.496 e. The van der Waals surface area contributed by atoms with Crippen molar-refractivity contribution < 1.29 is 9.53 Å². The summed E-state index contributed by atoms with van der Waals surface area (Å²) in [7, 11) is 3.78. The molecule has 1 atom stereocenters. The average Bonchev–Trinajstić information content (AvgIpc) is 2.40. The number of pyridine rings is 1. The van der Waals surface area contributed by atoms with Crippen molar-refractivity contribution in [1.29, 1.82) is 0 Å². The molecule has 1 fully saturated rings. The minimum atomic E-state index is 0.295. The predicted molar refractivity (Wildman–Crippen MR) is 91.6 cm³/mol. The van der Waals surface area contributed by atoms with E-state index in [1.54, 1.807) is 7.11 Å². The fraction of sp³-hybridized carbons (Fsp3) is 0.667. The highest BCUT2D eigenvalue weighted by Gasteiger charge is 2.22. The Labute approximate surface area is 139 Å². The number of carbonyl (C=O) groups excluding carboxylic acids is 1. The lowest BCUT2D eigenvalue weighted by atomic mass is 10.0. The molecule has 0 spiro atoms. The summed E-state index contributed by atoms with van der Waals surface area (Å²) < 4.78 is 5.47. The van der Waals surface area contributed by atoms with E-state index in [4.69, 9.17) is 4.74 Å². The summed E-state index contributed by atoms with van der Waals surface area (Å²) in [6.07, 6.45) is 3.65. The molecule has 23 heavy (non-hydrogen) atoms. The molecule has 1 aromatic rings. The Morgan fingerprint density at radius 2 is 2.13 bits per heavy atom. The number of carbonyl (C=O) groups is 1. The van der Waals surface area contributed by atoms with Crippen LogP contribution in [0.4, 0.5) is 0 Å². The summed E-state index contributed by atoms with van der Waals surface area (Å²) in [6, 6.07) is 0. The van der Waals surface area contributed by atoms with Gasteiger partial charge in [-0.05, 0) is 33.2 Å². The van der Waals surface area contributed by atoms with Gasteiger partial charge < -0.3 is 14.5 Å². The number of aryl methyl sites for hydroxylation is 1. The molecule has 0 saturated carbocycles. The van der Waals surface area contributed by atoms with Crippen LogP contribution in [-0.4, -0.2) is 54.5 Å². The first-order valence-electron chi connectivity index (χ1n) is 8.37. The molecular weight excluding hydrogens is 290 g/mol. The molecule has 128 valence electrons. The van der Waals surface area contributed by atoms with Gasteiger partial charge in [0.2, 0.25) is 5.91 Å². The second kappa shape index (κ2) is 7.77. The Morgan fingerprint density at radius 1 is 1.43 bits per heavy atom. The standard InChI is InChI=1S/C18H29N3O2/c1-13(9-17(22)21-7-6-8-21)11-20(4)12-16-15(3)18(23-5)14(2)10-19-16/h10,13H,6-9,11-12H2,1-5H3. The molecule has 1 aliphatic heterocycles. The molecule has 5 heteroatoms. The van der Waals surface area contributed by atoms with Crippen molar-refractivity contribution in [1.82, 2.24) is 14.8 Å². The van der Waals surface area contributed by atoms with Gasteiger partial charge in [-0.25, -0.2) is 0 Å². The molecule has 0 N–H and O–H groups in total. The fourth-order valence-electron chi connectivity index (χ4n) is 3.14. The first-order chi connectivity index (χ1) is 10.9. The van der Waals surface area contributed by atoms with Gasteiger partial charge in [0.25, 0.3) is 0 Å². The smallest absolute Gasteiger partial charge is 0.222 e. The molecule has 1 amide bonds. The summed E-state index contributed by atoms with van der Waals surface area (Å²) in [5.74, 6) is 1.56. The van der Waals surface area contributed by atoms with Crippen LogP contribution in [0.5, 0.6) is 5.75 Å². The second-order valence-electron chi connectivity index (χ2n) is 6.79. The summed E-state index contributed by atoms with van der Waals surface area (Å²) in [4.78, 5) is 20.8. The summed E-state index contributed by atoms with van der Waals surface area (Å²) >= 11 is 0. The van der Waals surface area contributed by atoms with Crippen molar-refractivity contribution in [2.45, 2.75) is 40.2 Å². The number of aromatic nitrogens is 1. The second-order valence-corrected chi connectivity index (χ2v) is 6.79. The number of nitrogens with zero attached hydrogens (tertiary/aromatic N) is 3. The molecule has 2 rings (SSSR count). The van der Waals surface area contributed by atoms with E-state index < -0.39 is 0 Å². The third kappa shape index (κ3) is 4.44. The van der Waals surface area contributed by atoms with Crippen molar-refractivity contribution in [3.8, 4) is 5.75 Å². The highest BCUT2D eigenvalue weighted by molar-refractivity contribution is 5.77. The van der Waals surface area contributed by atoms with Crippen LogP contribution >= 0.6 is 0 Å². The summed E-state index contributed by atoms with van der Waals surface area (Å²) in [5, 5.41) is 0. The zero-order chi connectivity index (χ0) is 17.0. The average molecular weight is 319 g/mol. The number of amides is 1. The maximum absolute atomic E-state index is 12.0. The predicted octanol–water partition coefficient (Wildman–Crippen LogP) is 2.40. The van der Waals surface area contributed by atoms with Crippen LogP contribution in [-0.2, 0) is 11.3 Å². The molecular formula is C18H29N3O2. The lowest BCUT2D eigenvalue weighted by Crippen LogP contribution is -2.43. The Balaban J connectivity index is 1.88. The molecule has 1 saturated heterocycles. The van der Waals surface area contributed by atoms with E-state index in [0.29, 0.717) is 18.2 Å². The van der Waals surface area contributed by atoms with Crippen LogP contribution in [0, 0.1) is 19.8 Å². The Hall–Kier alpha value is -1.62. The number of rotatable bonds is 7. The van der Waals surface area contributed by atoms with Crippen LogP contribution < -0.4 is 4.74 Å². The monoisotopic (exact) mass is 319 g/mol. The molecule has 0 aliphatic carbocycles. The van der Waals surface area contributed by atoms with Crippen LogP contribution in [0.15, 0.2) is 6.20 Å². The highest BCUT2D eigenvalue weighted by atomic mass is 16.5. The van der Waals surface area contributed by atoms with E-state index in [1.807, 2.05) is 18.0 Å². The number of hydrogen-bond acceptors (Lipinski definition) is 4. The van der Waals surface area contributed by atoms with Gasteiger partial charge in [-0.3, -0.25) is 9.78 Å². The first-order valence-corrected chi connectivity index (χ1v) is 8.37. The number of ether oxygens (including phenoxy) is 1. The lowest BCUT2D eigenvalue weighted by Gasteiger charge is -2.32. The third-order valence-electron chi connectivity index (χ3n) is 4.52. The van der Waals surface area contributed by atoms with Gasteiger partial charge in [-0.15, -0.1) is 0 Å². The maximum atomic E-state index is 12.0. The number of methoxy groups -OCH3 is 1. The van der Waals surface area contributed by atoms with Crippen molar-refractivity contribution in [2.75, 3.05) is 33.8 Å². The van der Waals surface area contributed by atoms with Gasteiger partial charge in [-0.1, -0.05) is 6.92 Å². The molecule has 0 bridgehead atoms. The van der Waals surface area contributed by atoms with Crippen molar-refractivity contribution in [3.63, 3.8) is 0 Å². The molecule has 0 aromatic carbocycles. The normalized spacial score (nSPS) is 15.5. The SMILES string of the molecule is COc1c(C)cnc(CN(C)CC(C)CC(=O)N2CCC2)c1C. The zero-order valence-corrected chi connectivity index (χ0v) is 15.1. The van der Waals surface area contributed by atoms with Crippen molar-refractivity contribution >= 4 is 5.91 Å². The number of hydrogen-bond donors (Lipinski definition) is 0. The van der Waals surface area contributed by atoms with E-state index in [-0.39, 0.29) is 0 Å². The highest BCUT2D eigenvalue weighted by Crippen LogP contribution is 2.24. The molecule has 1 aliphatic rings. The Morgan fingerprint density at radius 3 is 2.70 bits per heavy atom. The number of likely N-dealkylation sites (tertiary alicyclic amines) is 1. The molecule has 0 radical (unpaired) electrons. The quantitative estimate of drug-likeness (QED) is 0.774. The van der Waals surface area contributed by atoms with Gasteiger partial charge in [0, 0.05) is 49.9 Å². The Kier molecular flexibility index (Phi) is 5.99. The molecule has 2 heterocycles. The zero-order valence-electron chi connectivity index (χ0n) is 15.1. The molecule has 1 aromatic heterocycles. The largest absolute Gasteiger partial charge is 0.496 e. The Bertz CT molecular complexity index is 555. The van der Waals surface area contributed by atoms with Gasteiger partial charge in [0.1, 0.15) is 5.75 Å². The van der Waals surface area contributed by atoms with Crippen molar-refractivity contribution in [2.24, 2.45) is 5.92 Å². The minimum absolute atomic E-state index is 0.295. The maximum Gasteiger partial charge on any atom is 0.222 e. The van der Waals surface area contributed by atoms with E-state index in [0.717, 1.165) is 55.2 Å². The van der Waals surface area contributed by atoms with Crippen LogP contribution in [0.1, 0.15) is 36.6 Å². The molecule has 5 nitrogen and oxygen atoms in total. The van der Waals surface area contributed by atoms with E-state index in [1.165, 1.54) is 0 Å². The summed E-state index contributed by atoms with van der Waals surface area (Å²) in [5.41, 5.74) is 3.20. The van der Waals surface area contributed by atoms with Gasteiger partial charge >= 0.3 is 0 Å². The van der Waals surface area contributed by atoms with Crippen molar-refractivity contribution in [3.05, 3.63) is 23.0 Å². The topological polar surface area (TPSA) is 45.7 Å². The molecule has 1 unspecified atom stereocenters.